The SMILES string of the molecule is CSc1ccc(N(Cc2nc3c(Cl)c(Cl)ccc3s2)C(=O)CCC(=O)O)cc1. The van der Waals surface area contributed by atoms with Crippen LogP contribution in [0.3, 0.4) is 0 Å². The molecule has 5 nitrogen and oxygen atoms in total. The molecular weight excluding hydrogens is 439 g/mol. The average Bonchev–Trinajstić information content (AvgIpc) is 3.11. The topological polar surface area (TPSA) is 70.5 Å². The van der Waals surface area contributed by atoms with Gasteiger partial charge in [-0.15, -0.1) is 23.1 Å². The van der Waals surface area contributed by atoms with Crippen molar-refractivity contribution in [2.75, 3.05) is 11.2 Å². The number of hydrogen-bond donors (Lipinski definition) is 1. The van der Waals surface area contributed by atoms with E-state index >= 15 is 0 Å². The van der Waals surface area contributed by atoms with E-state index in [0.29, 0.717) is 26.3 Å². The van der Waals surface area contributed by atoms with Crippen molar-refractivity contribution in [2.24, 2.45) is 0 Å². The maximum absolute atomic E-state index is 12.7. The highest BCUT2D eigenvalue weighted by Crippen LogP contribution is 2.34. The summed E-state index contributed by atoms with van der Waals surface area (Å²) in [6.45, 7) is 0.227. The molecule has 146 valence electrons. The predicted octanol–water partition coefficient (Wildman–Crippen LogP) is 5.72. The van der Waals surface area contributed by atoms with E-state index in [1.54, 1.807) is 22.7 Å². The van der Waals surface area contributed by atoms with Crippen LogP contribution in [-0.4, -0.2) is 28.2 Å². The minimum absolute atomic E-state index is 0.0862. The first-order valence-corrected chi connectivity index (χ1v) is 11.1. The van der Waals surface area contributed by atoms with Gasteiger partial charge in [-0.2, -0.15) is 0 Å². The fraction of sp³-hybridized carbons (Fsp3) is 0.211. The number of carbonyl (C=O) groups excluding carboxylic acids is 1. The fourth-order valence-corrected chi connectivity index (χ4v) is 4.41. The Morgan fingerprint density at radius 3 is 2.50 bits per heavy atom. The number of aromatic nitrogens is 1. The maximum atomic E-state index is 12.7. The van der Waals surface area contributed by atoms with E-state index in [-0.39, 0.29) is 25.3 Å². The van der Waals surface area contributed by atoms with Gasteiger partial charge in [0, 0.05) is 17.0 Å². The average molecular weight is 455 g/mol. The maximum Gasteiger partial charge on any atom is 0.303 e. The number of amides is 1. The quantitative estimate of drug-likeness (QED) is 0.461. The second-order valence-electron chi connectivity index (χ2n) is 5.89. The van der Waals surface area contributed by atoms with Crippen LogP contribution in [0.5, 0.6) is 0 Å². The van der Waals surface area contributed by atoms with Gasteiger partial charge in [0.15, 0.2) is 0 Å². The number of aliphatic carboxylic acids is 1. The number of benzene rings is 2. The van der Waals surface area contributed by atoms with Gasteiger partial charge in [-0.25, -0.2) is 4.98 Å². The minimum Gasteiger partial charge on any atom is -0.481 e. The van der Waals surface area contributed by atoms with Gasteiger partial charge in [0.2, 0.25) is 5.91 Å². The summed E-state index contributed by atoms with van der Waals surface area (Å²) < 4.78 is 0.875. The van der Waals surface area contributed by atoms with Gasteiger partial charge in [-0.1, -0.05) is 23.2 Å². The summed E-state index contributed by atoms with van der Waals surface area (Å²) in [5, 5.41) is 10.4. The zero-order chi connectivity index (χ0) is 20.3. The van der Waals surface area contributed by atoms with Crippen LogP contribution in [0.1, 0.15) is 17.8 Å². The second kappa shape index (κ2) is 9.13. The summed E-state index contributed by atoms with van der Waals surface area (Å²) >= 11 is 15.3. The molecule has 0 spiro atoms. The van der Waals surface area contributed by atoms with E-state index in [9.17, 15) is 9.59 Å². The first kappa shape index (κ1) is 20.9. The number of thioether (sulfide) groups is 1. The summed E-state index contributed by atoms with van der Waals surface area (Å²) in [7, 11) is 0. The van der Waals surface area contributed by atoms with Crippen LogP contribution in [0, 0.1) is 0 Å². The number of carbonyl (C=O) groups is 2. The van der Waals surface area contributed by atoms with Gasteiger partial charge in [0.1, 0.15) is 10.5 Å². The van der Waals surface area contributed by atoms with Crippen molar-refractivity contribution >= 4 is 74.1 Å². The Bertz CT molecular complexity index is 1020. The van der Waals surface area contributed by atoms with Gasteiger partial charge in [0.25, 0.3) is 0 Å². The lowest BCUT2D eigenvalue weighted by Gasteiger charge is -2.22. The molecule has 1 aromatic heterocycles. The summed E-state index contributed by atoms with van der Waals surface area (Å²) in [4.78, 5) is 30.8. The summed E-state index contributed by atoms with van der Waals surface area (Å²) in [5.41, 5.74) is 1.29. The molecule has 1 N–H and O–H groups in total. The van der Waals surface area contributed by atoms with Gasteiger partial charge in [-0.05, 0) is 42.7 Å². The van der Waals surface area contributed by atoms with Crippen molar-refractivity contribution in [3.05, 3.63) is 51.5 Å². The summed E-state index contributed by atoms with van der Waals surface area (Å²) in [6.07, 6.45) is 1.66. The molecule has 0 unspecified atom stereocenters. The third kappa shape index (κ3) is 4.78. The number of thiazole rings is 1. The molecule has 9 heteroatoms. The Hall–Kier alpha value is -1.80. The van der Waals surface area contributed by atoms with Crippen molar-refractivity contribution < 1.29 is 14.7 Å². The number of nitrogens with zero attached hydrogens (tertiary/aromatic N) is 2. The fourth-order valence-electron chi connectivity index (χ4n) is 2.62. The Morgan fingerprint density at radius 1 is 1.14 bits per heavy atom. The highest BCUT2D eigenvalue weighted by atomic mass is 35.5. The first-order valence-electron chi connectivity index (χ1n) is 8.28. The lowest BCUT2D eigenvalue weighted by Crippen LogP contribution is -2.30. The molecule has 2 aromatic carbocycles. The summed E-state index contributed by atoms with van der Waals surface area (Å²) in [5.74, 6) is -1.28. The predicted molar refractivity (Wildman–Crippen MR) is 116 cm³/mol. The molecule has 0 fully saturated rings. The van der Waals surface area contributed by atoms with Crippen LogP contribution in [0.2, 0.25) is 10.0 Å². The Balaban J connectivity index is 1.92. The first-order chi connectivity index (χ1) is 13.4. The molecule has 0 saturated carbocycles. The third-order valence-corrected chi connectivity index (χ3v) is 6.57. The third-order valence-electron chi connectivity index (χ3n) is 4.03. The smallest absolute Gasteiger partial charge is 0.303 e. The standard InChI is InChI=1S/C19H16Cl2N2O3S2/c1-27-12-4-2-11(3-5-12)23(16(24)8-9-17(25)26)10-15-22-19-14(28-15)7-6-13(20)18(19)21/h2-7H,8-10H2,1H3,(H,25,26). The van der Waals surface area contributed by atoms with E-state index in [1.165, 1.54) is 11.3 Å². The van der Waals surface area contributed by atoms with E-state index in [4.69, 9.17) is 28.3 Å². The molecule has 3 rings (SSSR count). The number of carboxylic acids is 1. The van der Waals surface area contributed by atoms with Gasteiger partial charge < -0.3 is 10.0 Å². The van der Waals surface area contributed by atoms with Crippen molar-refractivity contribution in [3.63, 3.8) is 0 Å². The van der Waals surface area contributed by atoms with Gasteiger partial charge in [0.05, 0.1) is 27.7 Å². The van der Waals surface area contributed by atoms with E-state index in [1.807, 2.05) is 36.6 Å². The van der Waals surface area contributed by atoms with Gasteiger partial charge in [-0.3, -0.25) is 9.59 Å². The van der Waals surface area contributed by atoms with Crippen molar-refractivity contribution in [3.8, 4) is 0 Å². The molecule has 0 atom stereocenters. The molecule has 0 aliphatic rings. The van der Waals surface area contributed by atoms with Crippen molar-refractivity contribution in [1.29, 1.82) is 0 Å². The van der Waals surface area contributed by atoms with Crippen LogP contribution in [0.15, 0.2) is 41.3 Å². The molecule has 0 radical (unpaired) electrons. The molecule has 0 bridgehead atoms. The summed E-state index contributed by atoms with van der Waals surface area (Å²) in [6, 6.07) is 11.1. The van der Waals surface area contributed by atoms with Crippen LogP contribution < -0.4 is 4.90 Å². The number of carboxylic acid groups (broad SMARTS) is 1. The normalized spacial score (nSPS) is 11.0. The number of rotatable bonds is 7. The molecule has 0 aliphatic heterocycles. The molecule has 0 saturated heterocycles. The monoisotopic (exact) mass is 454 g/mol. The highest BCUT2D eigenvalue weighted by Gasteiger charge is 2.20. The molecule has 1 amide bonds. The Labute approximate surface area is 180 Å². The number of anilines is 1. The number of halogens is 2. The minimum atomic E-state index is -1.01. The Morgan fingerprint density at radius 2 is 1.86 bits per heavy atom. The zero-order valence-corrected chi connectivity index (χ0v) is 18.0. The van der Waals surface area contributed by atoms with E-state index < -0.39 is 5.97 Å². The molecule has 0 aliphatic carbocycles. The lowest BCUT2D eigenvalue weighted by molar-refractivity contribution is -0.138. The second-order valence-corrected chi connectivity index (χ2v) is 8.67. The van der Waals surface area contributed by atoms with E-state index in [2.05, 4.69) is 4.98 Å². The molecule has 3 aromatic rings. The van der Waals surface area contributed by atoms with Crippen LogP contribution in [-0.2, 0) is 16.1 Å². The van der Waals surface area contributed by atoms with Gasteiger partial charge >= 0.3 is 5.97 Å². The Kier molecular flexibility index (Phi) is 6.82. The zero-order valence-electron chi connectivity index (χ0n) is 14.8. The highest BCUT2D eigenvalue weighted by molar-refractivity contribution is 7.98. The van der Waals surface area contributed by atoms with Crippen molar-refractivity contribution in [2.45, 2.75) is 24.3 Å². The van der Waals surface area contributed by atoms with E-state index in [0.717, 1.165) is 9.60 Å². The lowest BCUT2D eigenvalue weighted by atomic mass is 10.2. The molecular formula is C19H16Cl2N2O3S2. The largest absolute Gasteiger partial charge is 0.481 e. The van der Waals surface area contributed by atoms with Crippen LogP contribution >= 0.6 is 46.3 Å². The number of fused-ring (bicyclic) bond motifs is 1. The number of hydrogen-bond acceptors (Lipinski definition) is 5. The van der Waals surface area contributed by atoms with Crippen molar-refractivity contribution in [1.82, 2.24) is 4.98 Å². The van der Waals surface area contributed by atoms with Crippen LogP contribution in [0.4, 0.5) is 5.69 Å². The van der Waals surface area contributed by atoms with Crippen LogP contribution in [0.25, 0.3) is 10.2 Å². The molecule has 28 heavy (non-hydrogen) atoms. The molecule has 1 heterocycles.